The fourth-order valence-electron chi connectivity index (χ4n) is 2.25. The van der Waals surface area contributed by atoms with Crippen LogP contribution in [0.15, 0.2) is 65.4 Å². The molecule has 2 aromatic heterocycles. The van der Waals surface area contributed by atoms with E-state index >= 15 is 0 Å². The molecule has 21 heavy (non-hydrogen) atoms. The lowest BCUT2D eigenvalue weighted by Gasteiger charge is -1.91. The summed E-state index contributed by atoms with van der Waals surface area (Å²) in [7, 11) is 0. The Kier molecular flexibility index (Phi) is 3.88. The molecule has 0 aliphatic rings. The van der Waals surface area contributed by atoms with E-state index in [1.807, 2.05) is 42.7 Å². The third kappa shape index (κ3) is 2.76. The normalized spacial score (nSPS) is 10.3. The number of fused-ring (bicyclic) bond motifs is 2. The molecule has 0 radical (unpaired) electrons. The van der Waals surface area contributed by atoms with Crippen LogP contribution in [0.3, 0.4) is 0 Å². The summed E-state index contributed by atoms with van der Waals surface area (Å²) in [6.07, 6.45) is 4.63. The number of H-pyrrole nitrogens is 2. The Bertz CT molecular complexity index is 892. The van der Waals surface area contributed by atoms with Crippen molar-refractivity contribution in [3.63, 3.8) is 0 Å². The van der Waals surface area contributed by atoms with Gasteiger partial charge in [-0.05, 0) is 40.2 Å². The summed E-state index contributed by atoms with van der Waals surface area (Å²) >= 11 is 3.44. The number of aromatic amines is 2. The molecule has 2 aromatic carbocycles. The van der Waals surface area contributed by atoms with Gasteiger partial charge in [-0.1, -0.05) is 24.3 Å². The molecule has 0 amide bonds. The lowest BCUT2D eigenvalue weighted by Crippen LogP contribution is -1.80. The number of aromatic nitrogens is 2. The monoisotopic (exact) mass is 340 g/mol. The molecule has 0 saturated heterocycles. The van der Waals surface area contributed by atoms with E-state index in [0.29, 0.717) is 5.56 Å². The number of carbonyl (C=O) groups is 1. The van der Waals surface area contributed by atoms with Crippen LogP contribution in [0.1, 0.15) is 10.4 Å². The van der Waals surface area contributed by atoms with Gasteiger partial charge in [0.25, 0.3) is 0 Å². The third-order valence-electron chi connectivity index (χ3n) is 3.28. The molecule has 4 rings (SSSR count). The number of benzene rings is 2. The maximum atomic E-state index is 10.5. The van der Waals surface area contributed by atoms with Crippen molar-refractivity contribution in [3.8, 4) is 0 Å². The first-order valence-electron chi connectivity index (χ1n) is 6.52. The molecule has 104 valence electrons. The van der Waals surface area contributed by atoms with E-state index in [4.69, 9.17) is 0 Å². The fourth-order valence-corrected chi connectivity index (χ4v) is 2.75. The van der Waals surface area contributed by atoms with Crippen molar-refractivity contribution in [2.24, 2.45) is 0 Å². The lowest BCUT2D eigenvalue weighted by atomic mass is 10.2. The molecule has 4 heteroatoms. The summed E-state index contributed by atoms with van der Waals surface area (Å²) < 4.78 is 1.12. The average molecular weight is 341 g/mol. The van der Waals surface area contributed by atoms with E-state index in [0.717, 1.165) is 21.7 Å². The maximum Gasteiger partial charge on any atom is 0.152 e. The summed E-state index contributed by atoms with van der Waals surface area (Å²) in [5, 5.41) is 2.32. The topological polar surface area (TPSA) is 48.6 Å². The van der Waals surface area contributed by atoms with Crippen LogP contribution in [0.5, 0.6) is 0 Å². The van der Waals surface area contributed by atoms with Crippen molar-refractivity contribution in [2.75, 3.05) is 0 Å². The lowest BCUT2D eigenvalue weighted by molar-refractivity contribution is 0.112. The molecule has 4 aromatic rings. The number of nitrogens with one attached hydrogen (secondary N) is 2. The SMILES string of the molecule is Brc1cccc2cc[nH]c12.O=Cc1cccc2cc[nH]c12. The molecule has 0 spiro atoms. The second kappa shape index (κ2) is 5.97. The Morgan fingerprint density at radius 3 is 2.10 bits per heavy atom. The van der Waals surface area contributed by atoms with Crippen LogP contribution in [0.4, 0.5) is 0 Å². The van der Waals surface area contributed by atoms with E-state index in [2.05, 4.69) is 38.0 Å². The van der Waals surface area contributed by atoms with Crippen LogP contribution in [0.25, 0.3) is 21.8 Å². The molecule has 2 heterocycles. The van der Waals surface area contributed by atoms with Crippen LogP contribution < -0.4 is 0 Å². The van der Waals surface area contributed by atoms with Gasteiger partial charge in [-0.2, -0.15) is 0 Å². The molecule has 0 atom stereocenters. The highest BCUT2D eigenvalue weighted by atomic mass is 79.9. The van der Waals surface area contributed by atoms with E-state index < -0.39 is 0 Å². The van der Waals surface area contributed by atoms with Gasteiger partial charge in [0.1, 0.15) is 0 Å². The van der Waals surface area contributed by atoms with Crippen LogP contribution in [-0.2, 0) is 0 Å². The molecular formula is C17H13BrN2O. The number of hydrogen-bond acceptors (Lipinski definition) is 1. The molecule has 0 fully saturated rings. The standard InChI is InChI=1S/C9H7NO.C8H6BrN/c11-6-8-3-1-2-7-4-5-10-9(7)8;9-7-3-1-2-6-4-5-10-8(6)7/h1-6,10H;1-5,10H. The fraction of sp³-hybridized carbons (Fsp3) is 0. The second-order valence-electron chi connectivity index (χ2n) is 4.59. The quantitative estimate of drug-likeness (QED) is 0.475. The van der Waals surface area contributed by atoms with Gasteiger partial charge in [0.2, 0.25) is 0 Å². The molecular weight excluding hydrogens is 328 g/mol. The summed E-state index contributed by atoms with van der Waals surface area (Å²) in [6, 6.07) is 15.8. The first-order chi connectivity index (χ1) is 10.3. The highest BCUT2D eigenvalue weighted by Gasteiger charge is 1.98. The van der Waals surface area contributed by atoms with Gasteiger partial charge in [0, 0.05) is 33.2 Å². The predicted octanol–water partition coefficient (Wildman–Crippen LogP) is 4.91. The molecule has 2 N–H and O–H groups in total. The predicted molar refractivity (Wildman–Crippen MR) is 89.7 cm³/mol. The summed E-state index contributed by atoms with van der Waals surface area (Å²) in [6.45, 7) is 0. The number of aldehydes is 1. The Balaban J connectivity index is 0.000000126. The van der Waals surface area contributed by atoms with Crippen molar-refractivity contribution in [2.45, 2.75) is 0 Å². The molecule has 0 saturated carbocycles. The zero-order valence-electron chi connectivity index (χ0n) is 11.1. The number of hydrogen-bond donors (Lipinski definition) is 2. The minimum atomic E-state index is 0.715. The zero-order valence-corrected chi connectivity index (χ0v) is 12.7. The summed E-state index contributed by atoms with van der Waals surface area (Å²) in [4.78, 5) is 16.6. The van der Waals surface area contributed by atoms with Gasteiger partial charge in [-0.25, -0.2) is 0 Å². The Morgan fingerprint density at radius 2 is 1.43 bits per heavy atom. The van der Waals surface area contributed by atoms with Gasteiger partial charge < -0.3 is 9.97 Å². The van der Waals surface area contributed by atoms with E-state index in [9.17, 15) is 4.79 Å². The smallest absolute Gasteiger partial charge is 0.152 e. The van der Waals surface area contributed by atoms with Crippen molar-refractivity contribution in [1.82, 2.24) is 9.97 Å². The Labute approximate surface area is 130 Å². The largest absolute Gasteiger partial charge is 0.361 e. The average Bonchev–Trinajstić information content (AvgIpc) is 3.16. The van der Waals surface area contributed by atoms with Crippen LogP contribution in [-0.4, -0.2) is 16.3 Å². The van der Waals surface area contributed by atoms with Crippen LogP contribution in [0.2, 0.25) is 0 Å². The first-order valence-corrected chi connectivity index (χ1v) is 7.32. The van der Waals surface area contributed by atoms with Crippen LogP contribution >= 0.6 is 15.9 Å². The number of para-hydroxylation sites is 2. The molecule has 0 aliphatic heterocycles. The first kappa shape index (κ1) is 13.6. The van der Waals surface area contributed by atoms with E-state index in [1.165, 1.54) is 10.9 Å². The summed E-state index contributed by atoms with van der Waals surface area (Å²) in [5.41, 5.74) is 2.80. The van der Waals surface area contributed by atoms with Gasteiger partial charge in [-0.15, -0.1) is 0 Å². The summed E-state index contributed by atoms with van der Waals surface area (Å²) in [5.74, 6) is 0. The van der Waals surface area contributed by atoms with Gasteiger partial charge >= 0.3 is 0 Å². The molecule has 0 bridgehead atoms. The van der Waals surface area contributed by atoms with Gasteiger partial charge in [0.05, 0.1) is 11.0 Å². The molecule has 3 nitrogen and oxygen atoms in total. The Hall–Kier alpha value is -2.33. The number of halogens is 1. The highest BCUT2D eigenvalue weighted by Crippen LogP contribution is 2.21. The Morgan fingerprint density at radius 1 is 0.810 bits per heavy atom. The van der Waals surface area contributed by atoms with Gasteiger partial charge in [-0.3, -0.25) is 4.79 Å². The second-order valence-corrected chi connectivity index (χ2v) is 5.44. The molecule has 0 aliphatic carbocycles. The highest BCUT2D eigenvalue weighted by molar-refractivity contribution is 9.10. The minimum absolute atomic E-state index is 0.715. The number of carbonyl (C=O) groups excluding carboxylic acids is 1. The van der Waals surface area contributed by atoms with Crippen LogP contribution in [0, 0.1) is 0 Å². The maximum absolute atomic E-state index is 10.5. The van der Waals surface area contributed by atoms with E-state index in [1.54, 1.807) is 6.07 Å². The number of rotatable bonds is 1. The minimum Gasteiger partial charge on any atom is -0.361 e. The van der Waals surface area contributed by atoms with Crippen molar-refractivity contribution in [1.29, 1.82) is 0 Å². The van der Waals surface area contributed by atoms with Crippen molar-refractivity contribution >= 4 is 44.0 Å². The van der Waals surface area contributed by atoms with Crippen molar-refractivity contribution < 1.29 is 4.79 Å². The zero-order chi connectivity index (χ0) is 14.7. The molecule has 0 unspecified atom stereocenters. The third-order valence-corrected chi connectivity index (χ3v) is 3.94. The van der Waals surface area contributed by atoms with Gasteiger partial charge in [0.15, 0.2) is 6.29 Å². The van der Waals surface area contributed by atoms with E-state index in [-0.39, 0.29) is 0 Å². The van der Waals surface area contributed by atoms with Crippen molar-refractivity contribution in [3.05, 3.63) is 71.0 Å².